The van der Waals surface area contributed by atoms with Crippen LogP contribution in [0.1, 0.15) is 21.6 Å². The highest BCUT2D eigenvalue weighted by atomic mass is 35.5. The minimum atomic E-state index is -2.91. The third kappa shape index (κ3) is 4.83. The number of aromatic nitrogens is 2. The minimum Gasteiger partial charge on any atom is -0.435 e. The van der Waals surface area contributed by atoms with Gasteiger partial charge >= 0.3 is 6.61 Å². The molecule has 1 aromatic heterocycles. The van der Waals surface area contributed by atoms with Gasteiger partial charge in [-0.1, -0.05) is 29.8 Å². The molecule has 0 spiro atoms. The first kappa shape index (κ1) is 18.8. The van der Waals surface area contributed by atoms with E-state index in [2.05, 4.69) is 15.2 Å². The van der Waals surface area contributed by atoms with Gasteiger partial charge in [-0.05, 0) is 42.8 Å². The van der Waals surface area contributed by atoms with Crippen molar-refractivity contribution in [3.8, 4) is 5.75 Å². The smallest absolute Gasteiger partial charge is 0.387 e. The lowest BCUT2D eigenvalue weighted by Crippen LogP contribution is -2.13. The lowest BCUT2D eigenvalue weighted by atomic mass is 10.2. The molecule has 5 nitrogen and oxygen atoms in total. The number of carbonyl (C=O) groups is 1. The van der Waals surface area contributed by atoms with E-state index < -0.39 is 12.5 Å². The topological polar surface area (TPSA) is 56.1 Å². The summed E-state index contributed by atoms with van der Waals surface area (Å²) in [6.07, 6.45) is 0. The highest BCUT2D eigenvalue weighted by molar-refractivity contribution is 6.31. The maximum absolute atomic E-state index is 12.3. The Labute approximate surface area is 159 Å². The largest absolute Gasteiger partial charge is 0.435 e. The van der Waals surface area contributed by atoms with Crippen LogP contribution in [0, 0.1) is 6.92 Å². The number of benzene rings is 2. The number of rotatable bonds is 6. The SMILES string of the molecule is Cc1cc(NC(=O)c2ccc(OC(F)F)cc2)nn1Cc1ccccc1Cl. The Bertz CT molecular complexity index is 942. The summed E-state index contributed by atoms with van der Waals surface area (Å²) >= 11 is 6.17. The Morgan fingerprint density at radius 2 is 1.93 bits per heavy atom. The van der Waals surface area contributed by atoms with E-state index in [4.69, 9.17) is 11.6 Å². The molecule has 0 saturated heterocycles. The van der Waals surface area contributed by atoms with Gasteiger partial charge in [0.05, 0.1) is 6.54 Å². The van der Waals surface area contributed by atoms with Crippen molar-refractivity contribution in [2.24, 2.45) is 0 Å². The summed E-state index contributed by atoms with van der Waals surface area (Å²) in [4.78, 5) is 12.3. The van der Waals surface area contributed by atoms with E-state index in [9.17, 15) is 13.6 Å². The number of halogens is 3. The monoisotopic (exact) mass is 391 g/mol. The van der Waals surface area contributed by atoms with Crippen molar-refractivity contribution < 1.29 is 18.3 Å². The second-order valence-corrected chi connectivity index (χ2v) is 6.18. The zero-order chi connectivity index (χ0) is 19.4. The van der Waals surface area contributed by atoms with Crippen LogP contribution in [0.2, 0.25) is 5.02 Å². The van der Waals surface area contributed by atoms with E-state index in [0.29, 0.717) is 22.9 Å². The summed E-state index contributed by atoms with van der Waals surface area (Å²) < 4.78 is 30.3. The molecule has 27 heavy (non-hydrogen) atoms. The quantitative estimate of drug-likeness (QED) is 0.660. The van der Waals surface area contributed by atoms with Crippen molar-refractivity contribution >= 4 is 23.3 Å². The summed E-state index contributed by atoms with van der Waals surface area (Å²) in [5.41, 5.74) is 2.07. The molecular formula is C19H16ClF2N3O2. The van der Waals surface area contributed by atoms with Crippen LogP contribution >= 0.6 is 11.6 Å². The number of alkyl halides is 2. The van der Waals surface area contributed by atoms with Gasteiger partial charge in [0.2, 0.25) is 0 Å². The van der Waals surface area contributed by atoms with Crippen molar-refractivity contribution in [2.75, 3.05) is 5.32 Å². The Hall–Kier alpha value is -2.93. The summed E-state index contributed by atoms with van der Waals surface area (Å²) in [7, 11) is 0. The number of carbonyl (C=O) groups excluding carboxylic acids is 1. The maximum atomic E-state index is 12.3. The molecule has 0 radical (unpaired) electrons. The summed E-state index contributed by atoms with van der Waals surface area (Å²) in [6.45, 7) is -0.563. The predicted octanol–water partition coefficient (Wildman–Crippen LogP) is 4.75. The van der Waals surface area contributed by atoms with Gasteiger partial charge in [0, 0.05) is 22.3 Å². The molecule has 8 heteroatoms. The molecule has 0 aliphatic carbocycles. The second-order valence-electron chi connectivity index (χ2n) is 5.78. The van der Waals surface area contributed by atoms with E-state index in [1.165, 1.54) is 24.3 Å². The Balaban J connectivity index is 1.69. The van der Waals surface area contributed by atoms with Crippen LogP contribution in [0.5, 0.6) is 5.75 Å². The highest BCUT2D eigenvalue weighted by Crippen LogP contribution is 2.19. The van der Waals surface area contributed by atoms with Gasteiger partial charge in [0.25, 0.3) is 5.91 Å². The molecule has 0 saturated carbocycles. The number of amides is 1. The first-order valence-corrected chi connectivity index (χ1v) is 8.44. The summed E-state index contributed by atoms with van der Waals surface area (Å²) in [5, 5.41) is 7.70. The number of aryl methyl sites for hydroxylation is 1. The van der Waals surface area contributed by atoms with E-state index in [1.807, 2.05) is 25.1 Å². The summed E-state index contributed by atoms with van der Waals surface area (Å²) in [5.74, 6) is -0.0279. The van der Waals surface area contributed by atoms with Crippen LogP contribution in [-0.2, 0) is 6.54 Å². The van der Waals surface area contributed by atoms with Crippen molar-refractivity contribution in [3.63, 3.8) is 0 Å². The first-order valence-electron chi connectivity index (χ1n) is 8.06. The van der Waals surface area contributed by atoms with Crippen molar-refractivity contribution in [2.45, 2.75) is 20.1 Å². The van der Waals surface area contributed by atoms with Crippen molar-refractivity contribution in [1.82, 2.24) is 9.78 Å². The van der Waals surface area contributed by atoms with Crippen LogP contribution in [-0.4, -0.2) is 22.3 Å². The molecule has 1 amide bonds. The third-order valence-corrected chi connectivity index (χ3v) is 4.21. The second kappa shape index (κ2) is 8.18. The molecule has 0 atom stereocenters. The number of nitrogens with one attached hydrogen (secondary N) is 1. The molecule has 3 rings (SSSR count). The van der Waals surface area contributed by atoms with E-state index >= 15 is 0 Å². The average molecular weight is 392 g/mol. The maximum Gasteiger partial charge on any atom is 0.387 e. The average Bonchev–Trinajstić information content (AvgIpc) is 2.96. The number of hydrogen-bond donors (Lipinski definition) is 1. The standard InChI is InChI=1S/C19H16ClF2N3O2/c1-12-10-17(24-25(12)11-14-4-2-3-5-16(14)20)23-18(26)13-6-8-15(9-7-13)27-19(21)22/h2-10,19H,11H2,1H3,(H,23,24,26). The fraction of sp³-hybridized carbons (Fsp3) is 0.158. The molecule has 1 heterocycles. The predicted molar refractivity (Wildman–Crippen MR) is 98.5 cm³/mol. The van der Waals surface area contributed by atoms with Crippen molar-refractivity contribution in [3.05, 3.63) is 76.4 Å². The zero-order valence-corrected chi connectivity index (χ0v) is 15.1. The summed E-state index contributed by atoms with van der Waals surface area (Å²) in [6, 6.07) is 14.6. The normalized spacial score (nSPS) is 10.9. The molecule has 0 bridgehead atoms. The van der Waals surface area contributed by atoms with Crippen LogP contribution in [0.3, 0.4) is 0 Å². The van der Waals surface area contributed by atoms with Gasteiger partial charge in [0.15, 0.2) is 5.82 Å². The fourth-order valence-electron chi connectivity index (χ4n) is 2.50. The van der Waals surface area contributed by atoms with Crippen LogP contribution < -0.4 is 10.1 Å². The van der Waals surface area contributed by atoms with Gasteiger partial charge in [-0.25, -0.2) is 0 Å². The zero-order valence-electron chi connectivity index (χ0n) is 14.3. The van der Waals surface area contributed by atoms with Crippen LogP contribution in [0.4, 0.5) is 14.6 Å². The lowest BCUT2D eigenvalue weighted by Gasteiger charge is -2.07. The minimum absolute atomic E-state index is 0.0126. The van der Waals surface area contributed by atoms with Gasteiger partial charge in [-0.3, -0.25) is 9.48 Å². The molecule has 0 aliphatic heterocycles. The van der Waals surface area contributed by atoms with E-state index in [-0.39, 0.29) is 5.75 Å². The Kier molecular flexibility index (Phi) is 5.71. The van der Waals surface area contributed by atoms with Crippen LogP contribution in [0.25, 0.3) is 0 Å². The molecule has 0 fully saturated rings. The van der Waals surface area contributed by atoms with Crippen molar-refractivity contribution in [1.29, 1.82) is 0 Å². The Morgan fingerprint density at radius 3 is 2.59 bits per heavy atom. The molecule has 3 aromatic rings. The van der Waals surface area contributed by atoms with Crippen LogP contribution in [0.15, 0.2) is 54.6 Å². The van der Waals surface area contributed by atoms with E-state index in [1.54, 1.807) is 16.8 Å². The Morgan fingerprint density at radius 1 is 1.22 bits per heavy atom. The number of nitrogens with zero attached hydrogens (tertiary/aromatic N) is 2. The molecule has 140 valence electrons. The molecular weight excluding hydrogens is 376 g/mol. The third-order valence-electron chi connectivity index (χ3n) is 3.84. The lowest BCUT2D eigenvalue weighted by molar-refractivity contribution is -0.0498. The van der Waals surface area contributed by atoms with Gasteiger partial charge in [-0.15, -0.1) is 0 Å². The molecule has 0 aliphatic rings. The molecule has 1 N–H and O–H groups in total. The van der Waals surface area contributed by atoms with E-state index in [0.717, 1.165) is 11.3 Å². The van der Waals surface area contributed by atoms with Gasteiger partial charge in [-0.2, -0.15) is 13.9 Å². The highest BCUT2D eigenvalue weighted by Gasteiger charge is 2.12. The number of hydrogen-bond acceptors (Lipinski definition) is 3. The first-order chi connectivity index (χ1) is 12.9. The molecule has 0 unspecified atom stereocenters. The fourth-order valence-corrected chi connectivity index (χ4v) is 2.69. The number of anilines is 1. The number of ether oxygens (including phenoxy) is 1. The van der Waals surface area contributed by atoms with Gasteiger partial charge < -0.3 is 10.1 Å². The molecule has 2 aromatic carbocycles. The van der Waals surface area contributed by atoms with Gasteiger partial charge in [0.1, 0.15) is 5.75 Å².